The van der Waals surface area contributed by atoms with Crippen molar-refractivity contribution in [3.8, 4) is 0 Å². The summed E-state index contributed by atoms with van der Waals surface area (Å²) in [6, 6.07) is 4.00. The second-order valence-corrected chi connectivity index (χ2v) is 5.60. The van der Waals surface area contributed by atoms with Gasteiger partial charge in [-0.1, -0.05) is 12.2 Å². The number of halogens is 3. The van der Waals surface area contributed by atoms with Gasteiger partial charge in [-0.05, 0) is 44.4 Å². The number of rotatable bonds is 3. The van der Waals surface area contributed by atoms with Crippen LogP contribution in [0.25, 0.3) is 0 Å². The minimum atomic E-state index is -4.46. The molecule has 2 rings (SSSR count). The molecule has 1 aromatic carbocycles. The summed E-state index contributed by atoms with van der Waals surface area (Å²) >= 11 is 4.66. The van der Waals surface area contributed by atoms with Crippen molar-refractivity contribution in [2.45, 2.75) is 37.9 Å². The van der Waals surface area contributed by atoms with Gasteiger partial charge in [-0.25, -0.2) is 0 Å². The van der Waals surface area contributed by atoms with Gasteiger partial charge in [0.25, 0.3) is 0 Å². The van der Waals surface area contributed by atoms with E-state index in [1.54, 1.807) is 6.07 Å². The molecule has 0 bridgehead atoms. The van der Waals surface area contributed by atoms with E-state index in [1.165, 1.54) is 6.07 Å². The SMILES string of the molecule is CC1(Nc2ccc(C(N)=S)c(C(F)(F)F)c2)CCC1. The molecule has 0 amide bonds. The second kappa shape index (κ2) is 4.67. The highest BCUT2D eigenvalue weighted by molar-refractivity contribution is 7.80. The summed E-state index contributed by atoms with van der Waals surface area (Å²) < 4.78 is 38.9. The van der Waals surface area contributed by atoms with Gasteiger partial charge in [0.15, 0.2) is 0 Å². The molecule has 1 saturated carbocycles. The Hall–Kier alpha value is -1.30. The van der Waals surface area contributed by atoms with E-state index in [9.17, 15) is 13.2 Å². The Labute approximate surface area is 115 Å². The zero-order valence-corrected chi connectivity index (χ0v) is 11.3. The maximum Gasteiger partial charge on any atom is 0.417 e. The van der Waals surface area contributed by atoms with Crippen LogP contribution in [0.5, 0.6) is 0 Å². The number of hydrogen-bond donors (Lipinski definition) is 2. The lowest BCUT2D eigenvalue weighted by Crippen LogP contribution is -2.41. The molecule has 6 heteroatoms. The van der Waals surface area contributed by atoms with Crippen molar-refractivity contribution in [1.29, 1.82) is 0 Å². The Morgan fingerprint density at radius 3 is 2.42 bits per heavy atom. The molecule has 3 N–H and O–H groups in total. The maximum absolute atomic E-state index is 13.0. The fraction of sp³-hybridized carbons (Fsp3) is 0.462. The van der Waals surface area contributed by atoms with Gasteiger partial charge in [0.2, 0.25) is 0 Å². The third-order valence-corrected chi connectivity index (χ3v) is 3.71. The highest BCUT2D eigenvalue weighted by Gasteiger charge is 2.36. The summed E-state index contributed by atoms with van der Waals surface area (Å²) in [5.74, 6) is 0. The quantitative estimate of drug-likeness (QED) is 0.833. The van der Waals surface area contributed by atoms with E-state index in [4.69, 9.17) is 5.73 Å². The van der Waals surface area contributed by atoms with Crippen molar-refractivity contribution in [1.82, 2.24) is 0 Å². The molecule has 1 aromatic rings. The summed E-state index contributed by atoms with van der Waals surface area (Å²) in [6.45, 7) is 2.01. The molecule has 0 heterocycles. The predicted octanol–water partition coefficient (Wildman–Crippen LogP) is 3.69. The molecule has 2 nitrogen and oxygen atoms in total. The van der Waals surface area contributed by atoms with Crippen molar-refractivity contribution in [2.24, 2.45) is 5.73 Å². The first-order valence-corrected chi connectivity index (χ1v) is 6.41. The number of benzene rings is 1. The van der Waals surface area contributed by atoms with Crippen molar-refractivity contribution in [3.63, 3.8) is 0 Å². The third-order valence-electron chi connectivity index (χ3n) is 3.49. The first-order chi connectivity index (χ1) is 8.71. The Bertz CT molecular complexity index is 507. The number of alkyl halides is 3. The smallest absolute Gasteiger partial charge is 0.389 e. The van der Waals surface area contributed by atoms with Gasteiger partial charge in [-0.15, -0.1) is 0 Å². The number of nitrogens with one attached hydrogen (secondary N) is 1. The van der Waals surface area contributed by atoms with E-state index in [1.807, 2.05) is 6.92 Å². The lowest BCUT2D eigenvalue weighted by atomic mass is 9.78. The molecule has 19 heavy (non-hydrogen) atoms. The number of anilines is 1. The van der Waals surface area contributed by atoms with E-state index in [0.717, 1.165) is 25.3 Å². The first kappa shape index (κ1) is 14.1. The van der Waals surface area contributed by atoms with Crippen molar-refractivity contribution >= 4 is 22.9 Å². The largest absolute Gasteiger partial charge is 0.417 e. The normalized spacial score (nSPS) is 17.7. The molecule has 1 aliphatic rings. The standard InChI is InChI=1S/C13H15F3N2S/c1-12(5-2-6-12)18-8-3-4-9(11(17)19)10(7-8)13(14,15)16/h3-4,7,18H,2,5-6H2,1H3,(H2,17,19). The zero-order chi connectivity index (χ0) is 14.3. The average molecular weight is 288 g/mol. The maximum atomic E-state index is 13.0. The Kier molecular flexibility index (Phi) is 3.47. The number of hydrogen-bond acceptors (Lipinski definition) is 2. The molecule has 0 atom stereocenters. The molecule has 0 spiro atoms. The van der Waals surface area contributed by atoms with Crippen LogP contribution in [0.15, 0.2) is 18.2 Å². The van der Waals surface area contributed by atoms with Crippen molar-refractivity contribution in [2.75, 3.05) is 5.32 Å². The van der Waals surface area contributed by atoms with Crippen LogP contribution in [0.1, 0.15) is 37.3 Å². The first-order valence-electron chi connectivity index (χ1n) is 6.00. The van der Waals surface area contributed by atoms with Crippen LogP contribution >= 0.6 is 12.2 Å². The van der Waals surface area contributed by atoms with E-state index in [2.05, 4.69) is 17.5 Å². The van der Waals surface area contributed by atoms with Gasteiger partial charge in [0, 0.05) is 16.8 Å². The minimum Gasteiger partial charge on any atom is -0.389 e. The summed E-state index contributed by atoms with van der Waals surface area (Å²) in [5, 5.41) is 3.15. The van der Waals surface area contributed by atoms with Crippen molar-refractivity contribution in [3.05, 3.63) is 29.3 Å². The van der Waals surface area contributed by atoms with Crippen LogP contribution in [-0.4, -0.2) is 10.5 Å². The van der Waals surface area contributed by atoms with Gasteiger partial charge in [-0.2, -0.15) is 13.2 Å². The minimum absolute atomic E-state index is 0.104. The molecule has 0 saturated heterocycles. The monoisotopic (exact) mass is 288 g/mol. The second-order valence-electron chi connectivity index (χ2n) is 5.16. The Morgan fingerprint density at radius 2 is 2.00 bits per heavy atom. The van der Waals surface area contributed by atoms with Crippen LogP contribution in [-0.2, 0) is 6.18 Å². The van der Waals surface area contributed by atoms with Crippen LogP contribution in [0, 0.1) is 0 Å². The van der Waals surface area contributed by atoms with Gasteiger partial charge in [-0.3, -0.25) is 0 Å². The molecule has 0 aromatic heterocycles. The van der Waals surface area contributed by atoms with Crippen molar-refractivity contribution < 1.29 is 13.2 Å². The van der Waals surface area contributed by atoms with Gasteiger partial charge >= 0.3 is 6.18 Å². The molecular weight excluding hydrogens is 273 g/mol. The van der Waals surface area contributed by atoms with Gasteiger partial charge in [0.1, 0.15) is 4.99 Å². The highest BCUT2D eigenvalue weighted by Crippen LogP contribution is 2.38. The summed E-state index contributed by atoms with van der Waals surface area (Å²) in [7, 11) is 0. The summed E-state index contributed by atoms with van der Waals surface area (Å²) in [6.07, 6.45) is -1.44. The molecule has 0 unspecified atom stereocenters. The highest BCUT2D eigenvalue weighted by atomic mass is 32.1. The lowest BCUT2D eigenvalue weighted by molar-refractivity contribution is -0.137. The Balaban J connectivity index is 2.35. The topological polar surface area (TPSA) is 38.0 Å². The third kappa shape index (κ3) is 3.00. The van der Waals surface area contributed by atoms with Crippen LogP contribution in [0.3, 0.4) is 0 Å². The van der Waals surface area contributed by atoms with E-state index in [0.29, 0.717) is 5.69 Å². The van der Waals surface area contributed by atoms with E-state index in [-0.39, 0.29) is 16.1 Å². The summed E-state index contributed by atoms with van der Waals surface area (Å²) in [4.78, 5) is -0.242. The van der Waals surface area contributed by atoms with Crippen LogP contribution < -0.4 is 11.1 Å². The van der Waals surface area contributed by atoms with E-state index < -0.39 is 11.7 Å². The molecule has 1 fully saturated rings. The Morgan fingerprint density at radius 1 is 1.37 bits per heavy atom. The summed E-state index contributed by atoms with van der Waals surface area (Å²) in [5.41, 5.74) is 4.77. The van der Waals surface area contributed by atoms with Gasteiger partial charge in [0.05, 0.1) is 5.56 Å². The molecular formula is C13H15F3N2S. The fourth-order valence-corrected chi connectivity index (χ4v) is 2.43. The average Bonchev–Trinajstić information content (AvgIpc) is 2.25. The molecule has 0 radical (unpaired) electrons. The number of nitrogens with two attached hydrogens (primary N) is 1. The number of thiocarbonyl (C=S) groups is 1. The van der Waals surface area contributed by atoms with Gasteiger partial charge < -0.3 is 11.1 Å². The molecule has 1 aliphatic carbocycles. The van der Waals surface area contributed by atoms with Crippen LogP contribution in [0.4, 0.5) is 18.9 Å². The molecule has 0 aliphatic heterocycles. The van der Waals surface area contributed by atoms with Crippen LogP contribution in [0.2, 0.25) is 0 Å². The predicted molar refractivity (Wildman–Crippen MR) is 73.2 cm³/mol. The molecule has 104 valence electrons. The fourth-order valence-electron chi connectivity index (χ4n) is 2.25. The lowest BCUT2D eigenvalue weighted by Gasteiger charge is -2.40. The van der Waals surface area contributed by atoms with E-state index >= 15 is 0 Å². The zero-order valence-electron chi connectivity index (χ0n) is 10.5.